The van der Waals surface area contributed by atoms with Crippen molar-refractivity contribution in [1.82, 2.24) is 4.57 Å². The van der Waals surface area contributed by atoms with Crippen LogP contribution in [-0.4, -0.2) is 23.0 Å². The van der Waals surface area contributed by atoms with Gasteiger partial charge in [-0.15, -0.1) is 0 Å². The number of hydrogen-bond donors (Lipinski definition) is 0. The number of nitrogens with zero attached hydrogens (tertiary/aromatic N) is 6. The Kier molecular flexibility index (Phi) is 11.7. The quantitative estimate of drug-likeness (QED) is 0.0961. The van der Waals surface area contributed by atoms with Crippen molar-refractivity contribution < 1.29 is 0 Å². The molecule has 10 aromatic rings. The lowest BCUT2D eigenvalue weighted by atomic mass is 10.0. The summed E-state index contributed by atoms with van der Waals surface area (Å²) < 4.78 is 2.42. The molecule has 0 saturated carbocycles. The molecule has 0 unspecified atom stereocenters. The third kappa shape index (κ3) is 8.31. The fourth-order valence-corrected chi connectivity index (χ4v) is 8.98. The van der Waals surface area contributed by atoms with Crippen LogP contribution in [0, 0.1) is 13.8 Å². The number of aromatic nitrogens is 1. The summed E-state index contributed by atoms with van der Waals surface area (Å²) in [7, 11) is 0. The second kappa shape index (κ2) is 18.6. The van der Waals surface area contributed by atoms with Gasteiger partial charge in [-0.05, 0) is 134 Å². The minimum Gasteiger partial charge on any atom is -0.310 e. The molecular formula is C60H48N6. The van der Waals surface area contributed by atoms with Crippen LogP contribution in [0.15, 0.2) is 245 Å². The average molecular weight is 853 g/mol. The van der Waals surface area contributed by atoms with Crippen molar-refractivity contribution in [2.45, 2.75) is 20.4 Å². The average Bonchev–Trinajstić information content (AvgIpc) is 3.68. The highest BCUT2D eigenvalue weighted by atomic mass is 15.1. The topological polar surface area (TPSA) is 48.5 Å². The van der Waals surface area contributed by atoms with E-state index in [0.717, 1.165) is 89.4 Å². The lowest BCUT2D eigenvalue weighted by Gasteiger charge is -2.26. The van der Waals surface area contributed by atoms with E-state index in [9.17, 15) is 0 Å². The molecule has 0 N–H and O–H groups in total. The van der Waals surface area contributed by atoms with Crippen molar-refractivity contribution in [3.63, 3.8) is 0 Å². The number of aliphatic imine (C=N–C) groups is 3. The normalized spacial score (nSPS) is 11.8. The highest BCUT2D eigenvalue weighted by Crippen LogP contribution is 2.43. The first kappa shape index (κ1) is 41.4. The van der Waals surface area contributed by atoms with E-state index in [0.29, 0.717) is 18.2 Å². The molecule has 0 aliphatic heterocycles. The van der Waals surface area contributed by atoms with Gasteiger partial charge < -0.3 is 14.4 Å². The van der Waals surface area contributed by atoms with E-state index in [1.807, 2.05) is 48.5 Å². The first-order valence-corrected chi connectivity index (χ1v) is 22.2. The fourth-order valence-electron chi connectivity index (χ4n) is 8.98. The molecule has 0 fully saturated rings. The maximum absolute atomic E-state index is 5.10. The molecule has 0 aliphatic rings. The number of anilines is 6. The van der Waals surface area contributed by atoms with Crippen molar-refractivity contribution in [2.75, 3.05) is 9.80 Å². The number of hydrogen-bond acceptors (Lipinski definition) is 3. The van der Waals surface area contributed by atoms with Crippen molar-refractivity contribution in [3.8, 4) is 5.69 Å². The molecule has 0 atom stereocenters. The Morgan fingerprint density at radius 1 is 0.424 bits per heavy atom. The van der Waals surface area contributed by atoms with Gasteiger partial charge in [0.15, 0.2) is 11.7 Å². The Morgan fingerprint density at radius 3 is 1.23 bits per heavy atom. The largest absolute Gasteiger partial charge is 0.310 e. The summed E-state index contributed by atoms with van der Waals surface area (Å²) in [6.45, 7) is 8.84. The van der Waals surface area contributed by atoms with Crippen LogP contribution in [0.2, 0.25) is 0 Å². The molecular weight excluding hydrogens is 805 g/mol. The Hall–Kier alpha value is -8.61. The molecule has 10 rings (SSSR count). The smallest absolute Gasteiger partial charge is 0.161 e. The SMILES string of the molecule is C=NC(=NC(=NCc1ccccc1)c1ccccc1)c1cc(C)c(-n2c3ccc(N(c4ccccc4)c4ccccc4)cc3c3cc(N(c4ccccc4)c4ccccc4)ccc32)c(C)c1. The highest BCUT2D eigenvalue weighted by molar-refractivity contribution is 6.14. The first-order chi connectivity index (χ1) is 32.5. The van der Waals surface area contributed by atoms with E-state index in [4.69, 9.17) is 9.98 Å². The molecule has 0 aliphatic carbocycles. The fraction of sp³-hybridized carbons (Fsp3) is 0.0500. The molecule has 0 saturated heterocycles. The Labute approximate surface area is 386 Å². The van der Waals surface area contributed by atoms with Gasteiger partial charge in [0.2, 0.25) is 0 Å². The molecule has 0 radical (unpaired) electrons. The zero-order chi connectivity index (χ0) is 44.8. The van der Waals surface area contributed by atoms with E-state index in [-0.39, 0.29) is 0 Å². The molecule has 6 nitrogen and oxygen atoms in total. The molecule has 0 amide bonds. The van der Waals surface area contributed by atoms with Gasteiger partial charge >= 0.3 is 0 Å². The molecule has 9 aromatic carbocycles. The lowest BCUT2D eigenvalue weighted by Crippen LogP contribution is -2.09. The van der Waals surface area contributed by atoms with Crippen molar-refractivity contribution in [3.05, 3.63) is 258 Å². The zero-order valence-electron chi connectivity index (χ0n) is 37.0. The maximum atomic E-state index is 5.10. The monoisotopic (exact) mass is 852 g/mol. The van der Waals surface area contributed by atoms with Crippen LogP contribution in [0.4, 0.5) is 34.1 Å². The van der Waals surface area contributed by atoms with Gasteiger partial charge in [-0.25, -0.2) is 9.98 Å². The van der Waals surface area contributed by atoms with Gasteiger partial charge in [-0.1, -0.05) is 133 Å². The summed E-state index contributed by atoms with van der Waals surface area (Å²) in [6.07, 6.45) is 0. The van der Waals surface area contributed by atoms with Crippen LogP contribution in [-0.2, 0) is 6.54 Å². The van der Waals surface area contributed by atoms with Crippen LogP contribution < -0.4 is 9.80 Å². The summed E-state index contributed by atoms with van der Waals surface area (Å²) in [6, 6.07) is 80.7. The Balaban J connectivity index is 1.16. The summed E-state index contributed by atoms with van der Waals surface area (Å²) in [4.78, 5) is 19.3. The van der Waals surface area contributed by atoms with Crippen molar-refractivity contribution in [2.24, 2.45) is 15.0 Å². The van der Waals surface area contributed by atoms with Crippen LogP contribution in [0.5, 0.6) is 0 Å². The second-order valence-corrected chi connectivity index (χ2v) is 16.3. The number of benzene rings is 9. The third-order valence-electron chi connectivity index (χ3n) is 11.9. The minimum absolute atomic E-state index is 0.496. The van der Waals surface area contributed by atoms with Crippen LogP contribution in [0.1, 0.15) is 27.8 Å². The van der Waals surface area contributed by atoms with Gasteiger partial charge in [-0.2, -0.15) is 0 Å². The van der Waals surface area contributed by atoms with E-state index in [1.165, 1.54) is 0 Å². The van der Waals surface area contributed by atoms with Gasteiger partial charge in [0, 0.05) is 56.0 Å². The van der Waals surface area contributed by atoms with Crippen LogP contribution in [0.3, 0.4) is 0 Å². The number of amidine groups is 2. The first-order valence-electron chi connectivity index (χ1n) is 22.2. The van der Waals surface area contributed by atoms with E-state index >= 15 is 0 Å². The molecule has 0 spiro atoms. The summed E-state index contributed by atoms with van der Waals surface area (Å²) >= 11 is 0. The van der Waals surface area contributed by atoms with Gasteiger partial charge in [0.05, 0.1) is 23.3 Å². The summed E-state index contributed by atoms with van der Waals surface area (Å²) in [5.41, 5.74) is 14.9. The third-order valence-corrected chi connectivity index (χ3v) is 11.9. The van der Waals surface area contributed by atoms with Crippen molar-refractivity contribution >= 4 is 74.3 Å². The van der Waals surface area contributed by atoms with Gasteiger partial charge in [0.25, 0.3) is 0 Å². The highest BCUT2D eigenvalue weighted by Gasteiger charge is 2.22. The predicted molar refractivity (Wildman–Crippen MR) is 279 cm³/mol. The minimum atomic E-state index is 0.496. The molecule has 318 valence electrons. The number of fused-ring (bicyclic) bond motifs is 3. The lowest BCUT2D eigenvalue weighted by molar-refractivity contribution is 1.06. The Morgan fingerprint density at radius 2 is 0.818 bits per heavy atom. The molecule has 1 heterocycles. The van der Waals surface area contributed by atoms with Crippen LogP contribution in [0.25, 0.3) is 27.5 Å². The van der Waals surface area contributed by atoms with E-state index < -0.39 is 0 Å². The number of aryl methyl sites for hydroxylation is 2. The predicted octanol–water partition coefficient (Wildman–Crippen LogP) is 15.4. The molecule has 6 heteroatoms. The number of para-hydroxylation sites is 4. The van der Waals surface area contributed by atoms with Gasteiger partial charge in [0.1, 0.15) is 0 Å². The Bertz CT molecular complexity index is 3100. The zero-order valence-corrected chi connectivity index (χ0v) is 37.0. The maximum Gasteiger partial charge on any atom is 0.161 e. The standard InChI is InChI=1S/C60H48N6/c1-43-38-47(59(61-3)63-60(46-24-12-5-13-25-46)62-42-45-22-10-4-11-23-45)39-44(2)58(43)66-56-36-34-52(64(48-26-14-6-15-27-48)49-28-16-7-17-29-49)40-54(56)55-41-53(35-37-57(55)66)65(50-30-18-8-19-31-50)51-32-20-9-21-33-51/h4-41H,3,42H2,1-2H3. The van der Waals surface area contributed by atoms with Crippen molar-refractivity contribution in [1.29, 1.82) is 0 Å². The second-order valence-electron chi connectivity index (χ2n) is 16.3. The molecule has 1 aromatic heterocycles. The number of rotatable bonds is 11. The van der Waals surface area contributed by atoms with Crippen LogP contribution >= 0.6 is 0 Å². The van der Waals surface area contributed by atoms with E-state index in [2.05, 4.69) is 222 Å². The molecule has 66 heavy (non-hydrogen) atoms. The van der Waals surface area contributed by atoms with E-state index in [1.54, 1.807) is 0 Å². The van der Waals surface area contributed by atoms with Gasteiger partial charge in [-0.3, -0.25) is 4.99 Å². The summed E-state index contributed by atoms with van der Waals surface area (Å²) in [5.74, 6) is 1.12. The summed E-state index contributed by atoms with van der Waals surface area (Å²) in [5, 5.41) is 2.28. The molecule has 0 bridgehead atoms.